The van der Waals surface area contributed by atoms with E-state index in [0.29, 0.717) is 10.0 Å². The number of alkyl halides is 1. The average Bonchev–Trinajstić information content (AvgIpc) is 3.25. The molecule has 3 aromatic rings. The van der Waals surface area contributed by atoms with Gasteiger partial charge in [-0.05, 0) is 0 Å². The van der Waals surface area contributed by atoms with Gasteiger partial charge in [-0.15, -0.1) is 0 Å². The number of halogens is 3. The Hall–Kier alpha value is -2.27. The molecule has 0 aliphatic carbocycles. The van der Waals surface area contributed by atoms with Crippen molar-refractivity contribution in [2.45, 2.75) is 31.3 Å². The van der Waals surface area contributed by atoms with Crippen LogP contribution in [0, 0.1) is 11.3 Å². The molecule has 1 heterocycles. The second-order valence-electron chi connectivity index (χ2n) is 8.33. The SMILES string of the molecule is C[I-]Oc1cc(C(C)(C)C#N)ccc1C1=N[C@H](c2ccc(Cl)cc2)[C@H](c2ccc(Cl)cc2)N1. The predicted molar refractivity (Wildman–Crippen MR) is 130 cm³/mol. The molecule has 4 nitrogen and oxygen atoms in total. The number of amidine groups is 1. The van der Waals surface area contributed by atoms with Crippen molar-refractivity contribution in [3.05, 3.63) is 99.0 Å². The van der Waals surface area contributed by atoms with Gasteiger partial charge in [0, 0.05) is 0 Å². The molecule has 1 aliphatic rings. The molecule has 3 aromatic carbocycles. The van der Waals surface area contributed by atoms with Crippen LogP contribution in [-0.2, 0) is 5.41 Å². The van der Waals surface area contributed by atoms with E-state index in [9.17, 15) is 5.26 Å². The van der Waals surface area contributed by atoms with Crippen LogP contribution in [0.4, 0.5) is 0 Å². The number of nitriles is 1. The van der Waals surface area contributed by atoms with Crippen molar-refractivity contribution >= 4 is 29.0 Å². The van der Waals surface area contributed by atoms with Gasteiger partial charge in [-0.3, -0.25) is 0 Å². The van der Waals surface area contributed by atoms with Crippen molar-refractivity contribution in [2.75, 3.05) is 4.93 Å². The van der Waals surface area contributed by atoms with Gasteiger partial charge in [0.05, 0.1) is 0 Å². The second kappa shape index (κ2) is 9.92. The molecular weight excluding hydrogens is 568 g/mol. The van der Waals surface area contributed by atoms with E-state index in [0.717, 1.165) is 33.8 Å². The van der Waals surface area contributed by atoms with Crippen molar-refractivity contribution in [1.29, 1.82) is 5.26 Å². The Bertz CT molecular complexity index is 1220. The van der Waals surface area contributed by atoms with Crippen molar-refractivity contribution in [1.82, 2.24) is 5.32 Å². The fraction of sp³-hybridized carbons (Fsp3) is 0.231. The number of aliphatic imine (C=N–C) groups is 1. The number of hydrogen-bond acceptors (Lipinski definition) is 4. The van der Waals surface area contributed by atoms with E-state index in [-0.39, 0.29) is 12.1 Å². The molecular formula is C26H23Cl2IN3O-. The van der Waals surface area contributed by atoms with Crippen LogP contribution in [0.15, 0.2) is 71.7 Å². The monoisotopic (exact) mass is 590 g/mol. The first-order chi connectivity index (χ1) is 15.8. The van der Waals surface area contributed by atoms with Crippen LogP contribution in [0.5, 0.6) is 5.75 Å². The van der Waals surface area contributed by atoms with Gasteiger partial charge in [0.2, 0.25) is 0 Å². The van der Waals surface area contributed by atoms with Crippen molar-refractivity contribution in [2.24, 2.45) is 4.99 Å². The number of rotatable bonds is 6. The zero-order valence-electron chi connectivity index (χ0n) is 18.4. The molecule has 170 valence electrons. The Balaban J connectivity index is 1.78. The summed E-state index contributed by atoms with van der Waals surface area (Å²) in [6, 6.07) is 23.7. The van der Waals surface area contributed by atoms with Gasteiger partial charge < -0.3 is 0 Å². The predicted octanol–water partition coefficient (Wildman–Crippen LogP) is 3.64. The minimum atomic E-state index is -0.606. The van der Waals surface area contributed by atoms with Crippen LogP contribution >= 0.6 is 23.2 Å². The molecule has 7 heteroatoms. The molecule has 1 aliphatic heterocycles. The van der Waals surface area contributed by atoms with E-state index in [2.05, 4.69) is 16.3 Å². The van der Waals surface area contributed by atoms with Crippen LogP contribution in [0.2, 0.25) is 10.0 Å². The first-order valence-corrected chi connectivity index (χ1v) is 14.2. The molecule has 0 radical (unpaired) electrons. The summed E-state index contributed by atoms with van der Waals surface area (Å²) in [5.74, 6) is 1.52. The molecule has 0 unspecified atom stereocenters. The Morgan fingerprint density at radius 3 is 2.15 bits per heavy atom. The Labute approximate surface area is 215 Å². The van der Waals surface area contributed by atoms with Crippen LogP contribution in [-0.4, -0.2) is 10.8 Å². The third-order valence-corrected chi connectivity index (χ3v) is 7.13. The van der Waals surface area contributed by atoms with Gasteiger partial charge in [0.1, 0.15) is 0 Å². The molecule has 0 aromatic heterocycles. The average molecular weight is 591 g/mol. The summed E-state index contributed by atoms with van der Waals surface area (Å²) in [6.45, 7) is 3.82. The maximum atomic E-state index is 9.57. The van der Waals surface area contributed by atoms with Gasteiger partial charge in [-0.25, -0.2) is 0 Å². The molecule has 4 rings (SSSR count). The Morgan fingerprint density at radius 2 is 1.58 bits per heavy atom. The van der Waals surface area contributed by atoms with Crippen molar-refractivity contribution in [3.63, 3.8) is 0 Å². The molecule has 0 saturated heterocycles. The van der Waals surface area contributed by atoms with Gasteiger partial charge in [-0.2, -0.15) is 0 Å². The van der Waals surface area contributed by atoms with E-state index in [4.69, 9.17) is 31.3 Å². The maximum absolute atomic E-state index is 9.57. The molecule has 0 amide bonds. The first-order valence-electron chi connectivity index (χ1n) is 10.4. The first kappa shape index (κ1) is 23.9. The van der Waals surface area contributed by atoms with E-state index in [1.54, 1.807) is 0 Å². The number of nitrogens with zero attached hydrogens (tertiary/aromatic N) is 2. The standard InChI is InChI=1S/C26H23Cl2IN3O/c1-26(2,15-30)18-8-13-21(22(14-18)33-29-3)25-31-23(16-4-9-19(27)10-5-16)24(32-25)17-6-11-20(28)12-7-17/h4-14,23-24H,1-3H3,(H,31,32)/q-1/t23-,24+. The quantitative estimate of drug-likeness (QED) is 0.352. The van der Waals surface area contributed by atoms with Gasteiger partial charge in [-0.1, -0.05) is 0 Å². The molecule has 2 atom stereocenters. The zero-order valence-corrected chi connectivity index (χ0v) is 22.1. The summed E-state index contributed by atoms with van der Waals surface area (Å²) >= 11 is 11.8. The number of hydrogen-bond donors (Lipinski definition) is 1. The van der Waals surface area contributed by atoms with Crippen LogP contribution in [0.1, 0.15) is 48.2 Å². The van der Waals surface area contributed by atoms with E-state index in [1.807, 2.05) is 80.6 Å². The van der Waals surface area contributed by atoms with E-state index < -0.39 is 27.0 Å². The Kier molecular flexibility index (Phi) is 7.18. The Morgan fingerprint density at radius 1 is 0.970 bits per heavy atom. The summed E-state index contributed by atoms with van der Waals surface area (Å²) in [7, 11) is 0. The summed E-state index contributed by atoms with van der Waals surface area (Å²) in [4.78, 5) is 7.15. The summed E-state index contributed by atoms with van der Waals surface area (Å²) in [6.07, 6.45) is 0. The summed E-state index contributed by atoms with van der Waals surface area (Å²) in [5.41, 5.74) is 3.36. The van der Waals surface area contributed by atoms with Crippen LogP contribution in [0.25, 0.3) is 0 Å². The van der Waals surface area contributed by atoms with E-state index >= 15 is 0 Å². The second-order valence-corrected chi connectivity index (χ2v) is 10.5. The van der Waals surface area contributed by atoms with Gasteiger partial charge >= 0.3 is 216 Å². The van der Waals surface area contributed by atoms with Gasteiger partial charge in [0.25, 0.3) is 0 Å². The third-order valence-electron chi connectivity index (χ3n) is 5.71. The fourth-order valence-electron chi connectivity index (χ4n) is 3.81. The molecule has 0 saturated carbocycles. The fourth-order valence-corrected chi connectivity index (χ4v) is 4.90. The molecule has 33 heavy (non-hydrogen) atoms. The molecule has 0 spiro atoms. The molecule has 0 bridgehead atoms. The summed E-state index contributed by atoms with van der Waals surface area (Å²) < 4.78 is 6.09. The van der Waals surface area contributed by atoms with E-state index in [1.165, 1.54) is 0 Å². The minimum absolute atomic E-state index is 0.0714. The third kappa shape index (κ3) is 5.13. The number of benzene rings is 3. The van der Waals surface area contributed by atoms with Crippen molar-refractivity contribution < 1.29 is 24.7 Å². The number of nitrogens with one attached hydrogen (secondary N) is 1. The normalized spacial score (nSPS) is 17.9. The topological polar surface area (TPSA) is 57.4 Å². The molecule has 0 fully saturated rings. The van der Waals surface area contributed by atoms with Crippen molar-refractivity contribution in [3.8, 4) is 11.8 Å². The van der Waals surface area contributed by atoms with Crippen LogP contribution in [0.3, 0.4) is 0 Å². The molecule has 1 N–H and O–H groups in total. The summed E-state index contributed by atoms with van der Waals surface area (Å²) in [5, 5.41) is 14.6. The van der Waals surface area contributed by atoms with Crippen LogP contribution < -0.4 is 30.0 Å². The van der Waals surface area contributed by atoms with Gasteiger partial charge in [0.15, 0.2) is 0 Å². The zero-order chi connectivity index (χ0) is 23.6.